The van der Waals surface area contributed by atoms with Crippen LogP contribution in [0.2, 0.25) is 0 Å². The molecule has 3 rings (SSSR count). The standard InChI is InChI=1S/C11H13FN4O3/c12-7-8(18)6(4-17)19-10(7)16-2-1-5-3-14-11(13)15-9(5)16/h1-3,6-8,10,17-18H,4H2,(H2,13,14,15)/t6-,7?,8-,10-/m1/s1. The van der Waals surface area contributed by atoms with E-state index in [4.69, 9.17) is 15.6 Å². The van der Waals surface area contributed by atoms with Gasteiger partial charge in [0.25, 0.3) is 0 Å². The predicted molar refractivity (Wildman–Crippen MR) is 63.8 cm³/mol. The minimum Gasteiger partial charge on any atom is -0.394 e. The number of fused-ring (bicyclic) bond motifs is 1. The molecule has 0 aliphatic carbocycles. The van der Waals surface area contributed by atoms with Crippen LogP contribution in [0.4, 0.5) is 10.3 Å². The van der Waals surface area contributed by atoms with Crippen LogP contribution in [0.3, 0.4) is 0 Å². The summed E-state index contributed by atoms with van der Waals surface area (Å²) in [5.74, 6) is 0.0695. The molecular formula is C11H13FN4O3. The lowest BCUT2D eigenvalue weighted by molar-refractivity contribution is -0.0457. The Kier molecular flexibility index (Phi) is 2.85. The van der Waals surface area contributed by atoms with Crippen molar-refractivity contribution < 1.29 is 19.3 Å². The molecule has 1 unspecified atom stereocenters. The zero-order chi connectivity index (χ0) is 13.6. The number of halogens is 1. The number of aromatic nitrogens is 3. The highest BCUT2D eigenvalue weighted by Crippen LogP contribution is 2.33. The highest BCUT2D eigenvalue weighted by molar-refractivity contribution is 5.76. The number of nitrogens with two attached hydrogens (primary N) is 1. The number of hydrogen-bond donors (Lipinski definition) is 3. The van der Waals surface area contributed by atoms with Gasteiger partial charge in [0.2, 0.25) is 5.95 Å². The first kappa shape index (κ1) is 12.3. The highest BCUT2D eigenvalue weighted by Gasteiger charge is 2.45. The van der Waals surface area contributed by atoms with E-state index in [-0.39, 0.29) is 5.95 Å². The average molecular weight is 268 g/mol. The Labute approximate surface area is 107 Å². The van der Waals surface area contributed by atoms with Gasteiger partial charge in [0, 0.05) is 17.8 Å². The second-order valence-corrected chi connectivity index (χ2v) is 4.41. The second-order valence-electron chi connectivity index (χ2n) is 4.41. The van der Waals surface area contributed by atoms with Crippen LogP contribution in [-0.4, -0.2) is 49.7 Å². The van der Waals surface area contributed by atoms with Crippen molar-refractivity contribution in [2.24, 2.45) is 0 Å². The Bertz CT molecular complexity index is 605. The molecule has 1 fully saturated rings. The maximum absolute atomic E-state index is 14.0. The zero-order valence-corrected chi connectivity index (χ0v) is 9.85. The fraction of sp³-hybridized carbons (Fsp3) is 0.455. The monoisotopic (exact) mass is 268 g/mol. The van der Waals surface area contributed by atoms with Gasteiger partial charge in [-0.05, 0) is 6.07 Å². The molecule has 2 aromatic rings. The molecule has 0 aromatic carbocycles. The summed E-state index contributed by atoms with van der Waals surface area (Å²) in [5, 5.41) is 19.3. The molecule has 19 heavy (non-hydrogen) atoms. The molecule has 0 bridgehead atoms. The van der Waals surface area contributed by atoms with Crippen LogP contribution in [0, 0.1) is 0 Å². The number of aliphatic hydroxyl groups is 2. The predicted octanol–water partition coefficient (Wildman–Crippen LogP) is -0.398. The number of aliphatic hydroxyl groups excluding tert-OH is 2. The van der Waals surface area contributed by atoms with Crippen molar-refractivity contribution in [3.05, 3.63) is 18.5 Å². The van der Waals surface area contributed by atoms with E-state index < -0.39 is 31.2 Å². The molecule has 102 valence electrons. The van der Waals surface area contributed by atoms with Gasteiger partial charge >= 0.3 is 0 Å². The van der Waals surface area contributed by atoms with Gasteiger partial charge in [-0.15, -0.1) is 0 Å². The molecule has 4 N–H and O–H groups in total. The van der Waals surface area contributed by atoms with Crippen molar-refractivity contribution in [3.63, 3.8) is 0 Å². The van der Waals surface area contributed by atoms with Crippen molar-refractivity contribution in [2.45, 2.75) is 24.6 Å². The summed E-state index contributed by atoms with van der Waals surface area (Å²) in [7, 11) is 0. The van der Waals surface area contributed by atoms with Crippen molar-refractivity contribution in [2.75, 3.05) is 12.3 Å². The van der Waals surface area contributed by atoms with E-state index in [9.17, 15) is 9.50 Å². The topological polar surface area (TPSA) is 106 Å². The number of nitrogen functional groups attached to an aromatic ring is 1. The number of alkyl halides is 1. The van der Waals surface area contributed by atoms with Crippen LogP contribution in [0.5, 0.6) is 0 Å². The van der Waals surface area contributed by atoms with Gasteiger partial charge in [0.05, 0.1) is 6.61 Å². The first-order valence-electron chi connectivity index (χ1n) is 5.79. The molecular weight excluding hydrogens is 255 g/mol. The van der Waals surface area contributed by atoms with Gasteiger partial charge in [-0.3, -0.25) is 0 Å². The SMILES string of the molecule is Nc1ncc2ccn([C@@H]3O[C@H](CO)[C@@H](O)C3F)c2n1. The van der Waals surface area contributed by atoms with Crippen LogP contribution in [0.25, 0.3) is 11.0 Å². The molecule has 4 atom stereocenters. The van der Waals surface area contributed by atoms with E-state index in [1.54, 1.807) is 12.3 Å². The highest BCUT2D eigenvalue weighted by atomic mass is 19.1. The lowest BCUT2D eigenvalue weighted by atomic mass is 10.1. The number of rotatable bonds is 2. The zero-order valence-electron chi connectivity index (χ0n) is 9.85. The van der Waals surface area contributed by atoms with Gasteiger partial charge in [0.15, 0.2) is 12.4 Å². The molecule has 1 aliphatic heterocycles. The average Bonchev–Trinajstić information content (AvgIpc) is 2.92. The quantitative estimate of drug-likeness (QED) is 0.684. The molecule has 1 aliphatic rings. The van der Waals surface area contributed by atoms with Crippen molar-refractivity contribution in [1.82, 2.24) is 14.5 Å². The molecule has 8 heteroatoms. The van der Waals surface area contributed by atoms with Gasteiger partial charge in [-0.1, -0.05) is 0 Å². The number of hydrogen-bond acceptors (Lipinski definition) is 6. The summed E-state index contributed by atoms with van der Waals surface area (Å²) in [6.07, 6.45) is -1.90. The van der Waals surface area contributed by atoms with Gasteiger partial charge < -0.3 is 25.3 Å². The van der Waals surface area contributed by atoms with Gasteiger partial charge in [-0.2, -0.15) is 4.98 Å². The van der Waals surface area contributed by atoms with Crippen LogP contribution >= 0.6 is 0 Å². The Hall–Kier alpha value is -1.77. The van der Waals surface area contributed by atoms with E-state index in [1.165, 1.54) is 10.8 Å². The number of anilines is 1. The molecule has 1 saturated heterocycles. The summed E-state index contributed by atoms with van der Waals surface area (Å²) < 4.78 is 20.8. The third kappa shape index (κ3) is 1.84. The van der Waals surface area contributed by atoms with Crippen LogP contribution in [-0.2, 0) is 4.74 Å². The normalized spacial score (nSPS) is 31.1. The van der Waals surface area contributed by atoms with Crippen LogP contribution < -0.4 is 5.73 Å². The van der Waals surface area contributed by atoms with E-state index in [0.29, 0.717) is 11.0 Å². The minimum absolute atomic E-state index is 0.0695. The smallest absolute Gasteiger partial charge is 0.221 e. The Morgan fingerprint density at radius 3 is 3.00 bits per heavy atom. The third-order valence-electron chi connectivity index (χ3n) is 3.22. The Morgan fingerprint density at radius 1 is 1.53 bits per heavy atom. The third-order valence-corrected chi connectivity index (χ3v) is 3.22. The van der Waals surface area contributed by atoms with E-state index >= 15 is 0 Å². The summed E-state index contributed by atoms with van der Waals surface area (Å²) >= 11 is 0. The summed E-state index contributed by atoms with van der Waals surface area (Å²) in [6.45, 7) is -0.450. The van der Waals surface area contributed by atoms with Crippen molar-refractivity contribution in [1.29, 1.82) is 0 Å². The first-order valence-corrected chi connectivity index (χ1v) is 5.79. The van der Waals surface area contributed by atoms with Gasteiger partial charge in [0.1, 0.15) is 17.9 Å². The fourth-order valence-electron chi connectivity index (χ4n) is 2.23. The van der Waals surface area contributed by atoms with Crippen LogP contribution in [0.1, 0.15) is 6.23 Å². The lowest BCUT2D eigenvalue weighted by Gasteiger charge is -2.15. The lowest BCUT2D eigenvalue weighted by Crippen LogP contribution is -2.30. The van der Waals surface area contributed by atoms with Crippen molar-refractivity contribution in [3.8, 4) is 0 Å². The second kappa shape index (κ2) is 4.41. The molecule has 0 spiro atoms. The molecule has 0 amide bonds. The molecule has 7 nitrogen and oxygen atoms in total. The number of nitrogens with zero attached hydrogens (tertiary/aromatic N) is 3. The van der Waals surface area contributed by atoms with E-state index in [1.807, 2.05) is 0 Å². The number of ether oxygens (including phenoxy) is 1. The summed E-state index contributed by atoms with van der Waals surface area (Å²) in [6, 6.07) is 1.70. The molecule has 2 aromatic heterocycles. The summed E-state index contributed by atoms with van der Waals surface area (Å²) in [4.78, 5) is 7.87. The van der Waals surface area contributed by atoms with Crippen LogP contribution in [0.15, 0.2) is 18.5 Å². The summed E-state index contributed by atoms with van der Waals surface area (Å²) in [5.41, 5.74) is 5.93. The molecule has 3 heterocycles. The van der Waals surface area contributed by atoms with E-state index in [2.05, 4.69) is 9.97 Å². The Balaban J connectivity index is 2.03. The maximum atomic E-state index is 14.0. The largest absolute Gasteiger partial charge is 0.394 e. The van der Waals surface area contributed by atoms with Gasteiger partial charge in [-0.25, -0.2) is 9.37 Å². The van der Waals surface area contributed by atoms with Crippen molar-refractivity contribution >= 4 is 17.0 Å². The minimum atomic E-state index is -1.65. The fourth-order valence-corrected chi connectivity index (χ4v) is 2.23. The molecule has 0 saturated carbocycles. The van der Waals surface area contributed by atoms with E-state index in [0.717, 1.165) is 0 Å². The maximum Gasteiger partial charge on any atom is 0.221 e. The Morgan fingerprint density at radius 2 is 2.32 bits per heavy atom. The molecule has 0 radical (unpaired) electrons. The first-order chi connectivity index (χ1) is 9.11.